The predicted octanol–water partition coefficient (Wildman–Crippen LogP) is -0.528. The Morgan fingerprint density at radius 3 is 2.60 bits per heavy atom. The summed E-state index contributed by atoms with van der Waals surface area (Å²) in [5.41, 5.74) is 6.17. The Kier molecular flexibility index (Phi) is 3.78. The van der Waals surface area contributed by atoms with Gasteiger partial charge in [0.05, 0.1) is 10.1 Å². The third-order valence-electron chi connectivity index (χ3n) is 0.723. The summed E-state index contributed by atoms with van der Waals surface area (Å²) in [7, 11) is -4.12. The molecular formula is C3H7N3O3S. The zero-order valence-corrected chi connectivity index (χ0v) is 5.97. The first-order chi connectivity index (χ1) is 4.56. The third kappa shape index (κ3) is 7.22. The molecule has 0 amide bonds. The lowest BCUT2D eigenvalue weighted by Gasteiger charge is -2.01. The molecule has 0 saturated heterocycles. The standard InChI is InChI=1S/C3H7N3O3S/c4-6-5-2-1-3-10(7,8)9/h4H,1-3H2. The van der Waals surface area contributed by atoms with E-state index >= 15 is 0 Å². The fourth-order valence-electron chi connectivity index (χ4n) is 0.362. The summed E-state index contributed by atoms with van der Waals surface area (Å²) in [5, 5.41) is 3.16. The molecule has 0 unspecified atom stereocenters. The van der Waals surface area contributed by atoms with E-state index < -0.39 is 15.9 Å². The topological polar surface area (TPSA) is 108 Å². The lowest BCUT2D eigenvalue weighted by atomic mass is 10.5. The highest BCUT2D eigenvalue weighted by Crippen LogP contribution is 1.87. The molecule has 0 rings (SSSR count). The van der Waals surface area contributed by atoms with Crippen molar-refractivity contribution in [2.45, 2.75) is 6.42 Å². The molecule has 0 bridgehead atoms. The molecule has 0 atom stereocenters. The fraction of sp³-hybridized carbons (Fsp3) is 1.00. The summed E-state index contributed by atoms with van der Waals surface area (Å²) >= 11 is 0. The van der Waals surface area contributed by atoms with Crippen molar-refractivity contribution < 1.29 is 13.0 Å². The maximum atomic E-state index is 9.92. The monoisotopic (exact) mass is 165 g/mol. The van der Waals surface area contributed by atoms with Crippen molar-refractivity contribution in [1.82, 2.24) is 4.91 Å². The lowest BCUT2D eigenvalue weighted by molar-refractivity contribution is 0.461. The minimum absolute atomic E-state index is 0.116. The van der Waals surface area contributed by atoms with Crippen LogP contribution in [-0.2, 0) is 10.1 Å². The average Bonchev–Trinajstić information content (AvgIpc) is 1.78. The van der Waals surface area contributed by atoms with Gasteiger partial charge >= 0.3 is 0 Å². The first-order valence-electron chi connectivity index (χ1n) is 2.53. The van der Waals surface area contributed by atoms with Crippen LogP contribution in [0, 0.1) is 5.53 Å². The minimum Gasteiger partial charge on any atom is -0.748 e. The molecule has 0 heterocycles. The Morgan fingerprint density at radius 1 is 1.60 bits per heavy atom. The quantitative estimate of drug-likeness (QED) is 0.262. The molecule has 1 N–H and O–H groups in total. The second-order valence-corrected chi connectivity index (χ2v) is 3.10. The van der Waals surface area contributed by atoms with E-state index in [0.29, 0.717) is 0 Å². The molecular weight excluding hydrogens is 158 g/mol. The summed E-state index contributed by atoms with van der Waals surface area (Å²) in [4.78, 5) is 2.63. The average molecular weight is 165 g/mol. The van der Waals surface area contributed by atoms with E-state index in [1.807, 2.05) is 0 Å². The van der Waals surface area contributed by atoms with E-state index in [0.717, 1.165) is 0 Å². The van der Waals surface area contributed by atoms with Crippen LogP contribution in [0.25, 0.3) is 0 Å². The molecule has 10 heavy (non-hydrogen) atoms. The molecule has 6 nitrogen and oxygen atoms in total. The van der Waals surface area contributed by atoms with Gasteiger partial charge in [-0.05, 0) is 6.42 Å². The van der Waals surface area contributed by atoms with Crippen LogP contribution in [0.15, 0.2) is 5.11 Å². The molecule has 0 aliphatic carbocycles. The van der Waals surface area contributed by atoms with Gasteiger partial charge in [-0.3, -0.25) is 0 Å². The fourth-order valence-corrected chi connectivity index (χ4v) is 0.845. The van der Waals surface area contributed by atoms with Crippen molar-refractivity contribution in [2.24, 2.45) is 5.11 Å². The zero-order valence-electron chi connectivity index (χ0n) is 5.15. The molecule has 0 saturated carbocycles. The van der Waals surface area contributed by atoms with E-state index in [4.69, 9.17) is 5.53 Å². The Bertz CT molecular complexity index is 227. The maximum absolute atomic E-state index is 9.92. The van der Waals surface area contributed by atoms with Crippen LogP contribution in [0.1, 0.15) is 6.42 Å². The number of rotatable bonds is 4. The molecule has 0 aromatic heterocycles. The number of hydrogen-bond acceptors (Lipinski definition) is 5. The van der Waals surface area contributed by atoms with Gasteiger partial charge in [0.1, 0.15) is 17.2 Å². The normalized spacial score (nSPS) is 10.5. The van der Waals surface area contributed by atoms with Gasteiger partial charge in [-0.2, -0.15) is 0 Å². The summed E-state index contributed by atoms with van der Waals surface area (Å²) in [5.74, 6) is -0.438. The van der Waals surface area contributed by atoms with Crippen LogP contribution in [0.4, 0.5) is 0 Å². The van der Waals surface area contributed by atoms with Crippen molar-refractivity contribution >= 4 is 10.1 Å². The smallest absolute Gasteiger partial charge is 0.214 e. The van der Waals surface area contributed by atoms with Gasteiger partial charge in [0.25, 0.3) is 0 Å². The molecule has 0 aliphatic rings. The summed E-state index contributed by atoms with van der Waals surface area (Å²) < 4.78 is 29.8. The lowest BCUT2D eigenvalue weighted by Crippen LogP contribution is -2.05. The number of nitrogens with one attached hydrogen (secondary N) is 1. The zero-order chi connectivity index (χ0) is 8.04. The second-order valence-electron chi connectivity index (χ2n) is 1.58. The number of nitrogens with zero attached hydrogens (tertiary/aromatic N) is 2. The van der Waals surface area contributed by atoms with Crippen molar-refractivity contribution in [3.05, 3.63) is 0 Å². The van der Waals surface area contributed by atoms with Gasteiger partial charge in [0.2, 0.25) is 4.91 Å². The Hall–Kier alpha value is -0.780. The highest BCUT2D eigenvalue weighted by molar-refractivity contribution is 7.85. The van der Waals surface area contributed by atoms with Gasteiger partial charge in [-0.25, -0.2) is 8.42 Å². The van der Waals surface area contributed by atoms with Crippen LogP contribution in [-0.4, -0.2) is 25.3 Å². The van der Waals surface area contributed by atoms with Gasteiger partial charge < -0.3 is 4.55 Å². The van der Waals surface area contributed by atoms with Crippen molar-refractivity contribution in [3.63, 3.8) is 0 Å². The molecule has 58 valence electrons. The maximum Gasteiger partial charge on any atom is 0.214 e. The Morgan fingerprint density at radius 2 is 2.20 bits per heavy atom. The highest BCUT2D eigenvalue weighted by atomic mass is 32.2. The van der Waals surface area contributed by atoms with E-state index in [9.17, 15) is 13.0 Å². The van der Waals surface area contributed by atoms with E-state index in [1.54, 1.807) is 0 Å². The molecule has 0 fully saturated rings. The first kappa shape index (κ1) is 9.22. The Labute approximate surface area is 58.2 Å². The molecule has 0 radical (unpaired) electrons. The van der Waals surface area contributed by atoms with Crippen LogP contribution in [0.3, 0.4) is 0 Å². The van der Waals surface area contributed by atoms with E-state index in [2.05, 4.69) is 10.0 Å². The van der Waals surface area contributed by atoms with Crippen molar-refractivity contribution in [1.29, 1.82) is 5.53 Å². The second kappa shape index (κ2) is 4.10. The van der Waals surface area contributed by atoms with Gasteiger partial charge in [-0.1, -0.05) is 0 Å². The molecule has 0 aromatic carbocycles. The molecule has 0 spiro atoms. The van der Waals surface area contributed by atoms with Gasteiger partial charge in [-0.15, -0.1) is 0 Å². The molecule has 7 heteroatoms. The largest absolute Gasteiger partial charge is 0.748 e. The molecule has 0 aliphatic heterocycles. The van der Waals surface area contributed by atoms with Crippen LogP contribution < -0.4 is 4.91 Å². The van der Waals surface area contributed by atoms with Crippen LogP contribution >= 0.6 is 0 Å². The highest BCUT2D eigenvalue weighted by Gasteiger charge is 1.95. The van der Waals surface area contributed by atoms with E-state index in [1.165, 1.54) is 0 Å². The van der Waals surface area contributed by atoms with Gasteiger partial charge in [0, 0.05) is 5.75 Å². The summed E-state index contributed by atoms with van der Waals surface area (Å²) in [6, 6.07) is 0. The molecule has 0 aromatic rings. The van der Waals surface area contributed by atoms with E-state index in [-0.39, 0.29) is 13.0 Å². The van der Waals surface area contributed by atoms with Crippen LogP contribution in [0.2, 0.25) is 0 Å². The van der Waals surface area contributed by atoms with Crippen LogP contribution in [0.5, 0.6) is 0 Å². The van der Waals surface area contributed by atoms with Gasteiger partial charge in [0.15, 0.2) is 0 Å². The summed E-state index contributed by atoms with van der Waals surface area (Å²) in [6.07, 6.45) is 0.133. The van der Waals surface area contributed by atoms with Crippen molar-refractivity contribution in [2.75, 3.05) is 12.3 Å². The Balaban J connectivity index is 3.48. The number of hydrogen-bond donors (Lipinski definition) is 1. The SMILES string of the molecule is N=[N+]=NCCCS(=O)(=O)[O-]. The third-order valence-corrected chi connectivity index (χ3v) is 1.51. The summed E-state index contributed by atoms with van der Waals surface area (Å²) in [6.45, 7) is 0.116. The van der Waals surface area contributed by atoms with Crippen molar-refractivity contribution in [3.8, 4) is 0 Å². The first-order valence-corrected chi connectivity index (χ1v) is 4.11. The minimum atomic E-state index is -4.12. The predicted molar refractivity (Wildman–Crippen MR) is 31.3 cm³/mol.